The van der Waals surface area contributed by atoms with Gasteiger partial charge in [-0.3, -0.25) is 9.69 Å². The minimum atomic E-state index is -4.48. The summed E-state index contributed by atoms with van der Waals surface area (Å²) in [5, 5.41) is 9.67. The lowest BCUT2D eigenvalue weighted by Crippen LogP contribution is -2.46. The van der Waals surface area contributed by atoms with Gasteiger partial charge in [0.2, 0.25) is 0 Å². The fourth-order valence-corrected chi connectivity index (χ4v) is 4.12. The second kappa shape index (κ2) is 11.4. The van der Waals surface area contributed by atoms with Crippen molar-refractivity contribution in [3.8, 4) is 16.9 Å². The molecule has 0 saturated carbocycles. The molecular weight excluding hydrogens is 471 g/mol. The van der Waals surface area contributed by atoms with Crippen LogP contribution in [0.1, 0.15) is 23.0 Å². The Morgan fingerprint density at radius 1 is 1.00 bits per heavy atom. The van der Waals surface area contributed by atoms with E-state index in [0.717, 1.165) is 44.0 Å². The molecule has 1 saturated heterocycles. The summed E-state index contributed by atoms with van der Waals surface area (Å²) < 4.78 is 42.5. The molecule has 10 heteroatoms. The second-order valence-corrected chi connectivity index (χ2v) is 8.46. The molecule has 0 spiro atoms. The average molecular weight is 500 g/mol. The lowest BCUT2D eigenvalue weighted by molar-refractivity contribution is -0.123. The lowest BCUT2D eigenvalue weighted by atomic mass is 9.99. The van der Waals surface area contributed by atoms with Crippen LogP contribution in [0.15, 0.2) is 60.7 Å². The minimum Gasteiger partial charge on any atom is -0.494 e. The molecule has 0 aliphatic carbocycles. The molecule has 190 valence electrons. The van der Waals surface area contributed by atoms with Gasteiger partial charge >= 0.3 is 6.18 Å². The summed E-state index contributed by atoms with van der Waals surface area (Å²) in [5.41, 5.74) is 3.37. The predicted octanol–water partition coefficient (Wildman–Crippen LogP) is 4.16. The molecular formula is C26H28F3N5O2. The molecule has 2 aromatic carbocycles. The molecule has 0 bridgehead atoms. The fourth-order valence-electron chi connectivity index (χ4n) is 4.12. The molecule has 7 nitrogen and oxygen atoms in total. The number of carbonyl (C=O) groups excluding carboxylic acids is 1. The van der Waals surface area contributed by atoms with Crippen molar-refractivity contribution in [2.45, 2.75) is 19.6 Å². The number of aromatic nitrogens is 2. The number of hydrogen-bond donors (Lipinski definition) is 1. The highest BCUT2D eigenvalue weighted by Gasteiger charge is 2.28. The van der Waals surface area contributed by atoms with Crippen LogP contribution in [0.5, 0.6) is 5.75 Å². The number of amides is 1. The Morgan fingerprint density at radius 2 is 1.78 bits per heavy atom. The minimum absolute atomic E-state index is 0.147. The molecule has 1 N–H and O–H groups in total. The number of nitrogens with zero attached hydrogens (tertiary/aromatic N) is 4. The summed E-state index contributed by atoms with van der Waals surface area (Å²) in [7, 11) is 0. The van der Waals surface area contributed by atoms with Crippen molar-refractivity contribution >= 4 is 11.7 Å². The van der Waals surface area contributed by atoms with Gasteiger partial charge in [-0.1, -0.05) is 36.4 Å². The van der Waals surface area contributed by atoms with E-state index in [1.54, 1.807) is 11.4 Å². The number of alkyl halides is 3. The SMILES string of the molecule is CCOc1cccc(-c2ccccc2CN2CCN(c3ccc(C(=O)NCC(F)(F)F)nn3)CC2)c1. The molecule has 0 radical (unpaired) electrons. The maximum Gasteiger partial charge on any atom is 0.405 e. The summed E-state index contributed by atoms with van der Waals surface area (Å²) in [6, 6.07) is 19.5. The van der Waals surface area contributed by atoms with Gasteiger partial charge in [0.05, 0.1) is 6.61 Å². The number of piperazine rings is 1. The van der Waals surface area contributed by atoms with Gasteiger partial charge in [0, 0.05) is 32.7 Å². The predicted molar refractivity (Wildman–Crippen MR) is 131 cm³/mol. The molecule has 1 amide bonds. The van der Waals surface area contributed by atoms with Crippen molar-refractivity contribution < 1.29 is 22.7 Å². The Kier molecular flexibility index (Phi) is 8.04. The van der Waals surface area contributed by atoms with Gasteiger partial charge in [-0.25, -0.2) is 0 Å². The standard InChI is InChI=1S/C26H28F3N5O2/c1-2-36-21-8-5-7-19(16-21)22-9-4-3-6-20(22)17-33-12-14-34(15-13-33)24-11-10-23(31-32-24)25(35)30-18-26(27,28)29/h3-11,16H,2,12-15,17-18H2,1H3,(H,30,35). The van der Waals surface area contributed by atoms with Crippen molar-refractivity contribution in [1.29, 1.82) is 0 Å². The average Bonchev–Trinajstić information content (AvgIpc) is 2.88. The smallest absolute Gasteiger partial charge is 0.405 e. The number of carbonyl (C=O) groups is 1. The van der Waals surface area contributed by atoms with Gasteiger partial charge < -0.3 is 15.0 Å². The largest absolute Gasteiger partial charge is 0.494 e. The fraction of sp³-hybridized carbons (Fsp3) is 0.346. The second-order valence-electron chi connectivity index (χ2n) is 8.46. The van der Waals surface area contributed by atoms with Gasteiger partial charge in [-0.15, -0.1) is 10.2 Å². The number of hydrogen-bond acceptors (Lipinski definition) is 6. The monoisotopic (exact) mass is 499 g/mol. The number of rotatable bonds is 8. The molecule has 1 aliphatic rings. The van der Waals surface area contributed by atoms with E-state index in [2.05, 4.69) is 44.3 Å². The van der Waals surface area contributed by atoms with Gasteiger partial charge in [0.25, 0.3) is 5.91 Å². The van der Waals surface area contributed by atoms with Crippen LogP contribution in [-0.2, 0) is 6.54 Å². The van der Waals surface area contributed by atoms with Crippen LogP contribution in [0, 0.1) is 0 Å². The maximum atomic E-state index is 12.3. The number of anilines is 1. The highest BCUT2D eigenvalue weighted by atomic mass is 19.4. The van der Waals surface area contributed by atoms with Crippen LogP contribution < -0.4 is 15.0 Å². The first-order valence-electron chi connectivity index (χ1n) is 11.8. The van der Waals surface area contributed by atoms with Crippen LogP contribution >= 0.6 is 0 Å². The van der Waals surface area contributed by atoms with E-state index in [0.29, 0.717) is 12.4 Å². The molecule has 0 unspecified atom stereocenters. The first kappa shape index (κ1) is 25.4. The van der Waals surface area contributed by atoms with Gasteiger partial charge in [-0.2, -0.15) is 13.2 Å². The molecule has 1 aromatic heterocycles. The molecule has 2 heterocycles. The van der Waals surface area contributed by atoms with Gasteiger partial charge in [-0.05, 0) is 47.9 Å². The Labute approximate surface area is 207 Å². The highest BCUT2D eigenvalue weighted by Crippen LogP contribution is 2.28. The number of benzene rings is 2. The van der Waals surface area contributed by atoms with Crippen molar-refractivity contribution in [3.63, 3.8) is 0 Å². The van der Waals surface area contributed by atoms with Crippen molar-refractivity contribution in [3.05, 3.63) is 71.9 Å². The van der Waals surface area contributed by atoms with Crippen molar-refractivity contribution in [2.75, 3.05) is 44.2 Å². The van der Waals surface area contributed by atoms with Gasteiger partial charge in [0.15, 0.2) is 11.5 Å². The van der Waals surface area contributed by atoms with E-state index in [9.17, 15) is 18.0 Å². The van der Waals surface area contributed by atoms with Crippen LogP contribution in [0.2, 0.25) is 0 Å². The third kappa shape index (κ3) is 6.72. The Balaban J connectivity index is 1.35. The van der Waals surface area contributed by atoms with E-state index in [1.807, 2.05) is 31.2 Å². The van der Waals surface area contributed by atoms with Gasteiger partial charge in [0.1, 0.15) is 12.3 Å². The molecule has 4 rings (SSSR count). The van der Waals surface area contributed by atoms with Crippen molar-refractivity contribution in [2.24, 2.45) is 0 Å². The highest BCUT2D eigenvalue weighted by molar-refractivity contribution is 5.92. The number of halogens is 3. The summed E-state index contributed by atoms with van der Waals surface area (Å²) in [6.45, 7) is 5.03. The maximum absolute atomic E-state index is 12.3. The Bertz CT molecular complexity index is 1160. The summed E-state index contributed by atoms with van der Waals surface area (Å²) >= 11 is 0. The lowest BCUT2D eigenvalue weighted by Gasteiger charge is -2.35. The first-order valence-corrected chi connectivity index (χ1v) is 11.8. The Morgan fingerprint density at radius 3 is 2.47 bits per heavy atom. The molecule has 3 aromatic rings. The third-order valence-corrected chi connectivity index (χ3v) is 5.90. The summed E-state index contributed by atoms with van der Waals surface area (Å²) in [6.07, 6.45) is -4.48. The van der Waals surface area contributed by atoms with E-state index in [1.165, 1.54) is 17.2 Å². The molecule has 1 aliphatic heterocycles. The Hall–Kier alpha value is -3.66. The zero-order valence-electron chi connectivity index (χ0n) is 20.0. The van der Waals surface area contributed by atoms with Crippen LogP contribution in [0.25, 0.3) is 11.1 Å². The van der Waals surface area contributed by atoms with Crippen molar-refractivity contribution in [1.82, 2.24) is 20.4 Å². The van der Waals surface area contributed by atoms with Crippen LogP contribution in [-0.4, -0.2) is 66.5 Å². The summed E-state index contributed by atoms with van der Waals surface area (Å²) in [4.78, 5) is 16.3. The van der Waals surface area contributed by atoms with E-state index in [-0.39, 0.29) is 5.69 Å². The number of ether oxygens (including phenoxy) is 1. The van der Waals surface area contributed by atoms with E-state index in [4.69, 9.17) is 4.74 Å². The zero-order chi connectivity index (χ0) is 25.5. The third-order valence-electron chi connectivity index (χ3n) is 5.90. The first-order chi connectivity index (χ1) is 17.3. The number of nitrogens with one attached hydrogen (secondary N) is 1. The van der Waals surface area contributed by atoms with Crippen LogP contribution in [0.3, 0.4) is 0 Å². The van der Waals surface area contributed by atoms with Crippen LogP contribution in [0.4, 0.5) is 19.0 Å². The summed E-state index contributed by atoms with van der Waals surface area (Å²) in [5.74, 6) is 0.542. The topological polar surface area (TPSA) is 70.6 Å². The molecule has 0 atom stereocenters. The normalized spacial score (nSPS) is 14.5. The van der Waals surface area contributed by atoms with E-state index >= 15 is 0 Å². The zero-order valence-corrected chi connectivity index (χ0v) is 20.0. The quantitative estimate of drug-likeness (QED) is 0.502. The molecule has 1 fully saturated rings. The van der Waals surface area contributed by atoms with E-state index < -0.39 is 18.6 Å². The molecule has 36 heavy (non-hydrogen) atoms.